The Morgan fingerprint density at radius 2 is 1.82 bits per heavy atom. The number of carbonyl (C=O) groups excluding carboxylic acids is 1. The Kier molecular flexibility index (Phi) is 6.27. The third-order valence-corrected chi connectivity index (χ3v) is 5.78. The Bertz CT molecular complexity index is 784. The predicted molar refractivity (Wildman–Crippen MR) is 109 cm³/mol. The van der Waals surface area contributed by atoms with Crippen LogP contribution in [-0.2, 0) is 29.3 Å². The largest absolute Gasteiger partial charge is 0.491 e. The van der Waals surface area contributed by atoms with E-state index in [-0.39, 0.29) is 5.91 Å². The van der Waals surface area contributed by atoms with Gasteiger partial charge in [0.2, 0.25) is 5.91 Å². The van der Waals surface area contributed by atoms with E-state index in [1.807, 2.05) is 29.2 Å². The maximum atomic E-state index is 12.8. The Morgan fingerprint density at radius 1 is 1.04 bits per heavy atom. The summed E-state index contributed by atoms with van der Waals surface area (Å²) in [6.07, 6.45) is 5.65. The first-order valence-corrected chi connectivity index (χ1v) is 10.4. The van der Waals surface area contributed by atoms with Gasteiger partial charge in [-0.3, -0.25) is 4.79 Å². The van der Waals surface area contributed by atoms with E-state index >= 15 is 0 Å². The van der Waals surface area contributed by atoms with Crippen LogP contribution in [0.25, 0.3) is 0 Å². The molecular formula is C24H29NO3. The molecule has 0 N–H and O–H groups in total. The lowest BCUT2D eigenvalue weighted by Gasteiger charge is -2.22. The van der Waals surface area contributed by atoms with Crippen LogP contribution in [0.2, 0.25) is 0 Å². The fourth-order valence-corrected chi connectivity index (χ4v) is 4.20. The topological polar surface area (TPSA) is 38.8 Å². The van der Waals surface area contributed by atoms with Crippen LogP contribution in [-0.4, -0.2) is 24.0 Å². The zero-order valence-corrected chi connectivity index (χ0v) is 16.4. The highest BCUT2D eigenvalue weighted by atomic mass is 16.5. The highest BCUT2D eigenvalue weighted by molar-refractivity contribution is 5.76. The molecule has 0 bridgehead atoms. The molecule has 0 aromatic heterocycles. The van der Waals surface area contributed by atoms with Crippen LogP contribution in [0.1, 0.15) is 48.8 Å². The summed E-state index contributed by atoms with van der Waals surface area (Å²) in [5, 5.41) is 0. The van der Waals surface area contributed by atoms with E-state index in [9.17, 15) is 4.79 Å². The highest BCUT2D eigenvalue weighted by Gasteiger charge is 2.24. The normalized spacial score (nSPS) is 17.1. The summed E-state index contributed by atoms with van der Waals surface area (Å²) in [5.41, 5.74) is 3.37. The van der Waals surface area contributed by atoms with Crippen molar-refractivity contribution >= 4 is 5.91 Å². The van der Waals surface area contributed by atoms with Gasteiger partial charge >= 0.3 is 0 Å². The molecule has 28 heavy (non-hydrogen) atoms. The van der Waals surface area contributed by atoms with Crippen LogP contribution in [0.4, 0.5) is 0 Å². The molecule has 0 saturated heterocycles. The van der Waals surface area contributed by atoms with Gasteiger partial charge in [-0.2, -0.15) is 0 Å². The summed E-state index contributed by atoms with van der Waals surface area (Å²) in [5.74, 6) is 1.74. The van der Waals surface area contributed by atoms with E-state index < -0.39 is 0 Å². The van der Waals surface area contributed by atoms with Gasteiger partial charge in [0.25, 0.3) is 0 Å². The summed E-state index contributed by atoms with van der Waals surface area (Å²) >= 11 is 0. The van der Waals surface area contributed by atoms with Gasteiger partial charge in [-0.25, -0.2) is 0 Å². The second kappa shape index (κ2) is 9.24. The molecule has 0 spiro atoms. The van der Waals surface area contributed by atoms with Gasteiger partial charge in [-0.15, -0.1) is 0 Å². The number of carbonyl (C=O) groups is 1. The van der Waals surface area contributed by atoms with Crippen molar-refractivity contribution < 1.29 is 14.3 Å². The highest BCUT2D eigenvalue weighted by Crippen LogP contribution is 2.30. The van der Waals surface area contributed by atoms with Gasteiger partial charge in [-0.1, -0.05) is 49.2 Å². The van der Waals surface area contributed by atoms with Gasteiger partial charge in [0, 0.05) is 18.5 Å². The Hall–Kier alpha value is -2.33. The Morgan fingerprint density at radius 3 is 2.64 bits per heavy atom. The first kappa shape index (κ1) is 19.0. The predicted octanol–water partition coefficient (Wildman–Crippen LogP) is 4.70. The van der Waals surface area contributed by atoms with Crippen LogP contribution < -0.4 is 4.74 Å². The molecule has 1 aliphatic heterocycles. The van der Waals surface area contributed by atoms with E-state index in [4.69, 9.17) is 9.47 Å². The fraction of sp³-hybridized carbons (Fsp3) is 0.458. The number of nitrogens with zero attached hydrogens (tertiary/aromatic N) is 1. The Labute approximate surface area is 167 Å². The molecule has 0 unspecified atom stereocenters. The number of benzene rings is 2. The van der Waals surface area contributed by atoms with E-state index in [2.05, 4.69) is 24.3 Å². The van der Waals surface area contributed by atoms with Crippen molar-refractivity contribution in [2.75, 3.05) is 13.2 Å². The second-order valence-corrected chi connectivity index (χ2v) is 7.94. The molecule has 4 heteroatoms. The van der Waals surface area contributed by atoms with Crippen molar-refractivity contribution in [3.05, 3.63) is 65.2 Å². The molecule has 4 nitrogen and oxygen atoms in total. The third kappa shape index (κ3) is 4.93. The fourth-order valence-electron chi connectivity index (χ4n) is 4.20. The standard InChI is InChI=1S/C24H29NO3/c26-24(15-19-6-4-5-7-19)25-12-13-28-23-11-10-21(14-22(23)16-25)18-27-17-20-8-2-1-3-9-20/h1-3,8-11,14,19H,4-7,12-13,15-18H2. The molecule has 148 valence electrons. The molecule has 1 aliphatic carbocycles. The van der Waals surface area contributed by atoms with Gasteiger partial charge in [0.1, 0.15) is 12.4 Å². The second-order valence-electron chi connectivity index (χ2n) is 7.94. The first-order chi connectivity index (χ1) is 13.8. The Balaban J connectivity index is 1.36. The minimum absolute atomic E-state index is 0.272. The molecule has 2 aromatic carbocycles. The minimum atomic E-state index is 0.272. The molecule has 0 radical (unpaired) electrons. The molecule has 4 rings (SSSR count). The van der Waals surface area contributed by atoms with Gasteiger partial charge in [0.15, 0.2) is 0 Å². The molecule has 1 fully saturated rings. The summed E-state index contributed by atoms with van der Waals surface area (Å²) in [6, 6.07) is 16.4. The lowest BCUT2D eigenvalue weighted by Crippen LogP contribution is -2.33. The van der Waals surface area contributed by atoms with Crippen LogP contribution in [0.5, 0.6) is 5.75 Å². The monoisotopic (exact) mass is 379 g/mol. The maximum absolute atomic E-state index is 12.8. The molecular weight excluding hydrogens is 350 g/mol. The average Bonchev–Trinajstić information content (AvgIpc) is 3.13. The summed E-state index contributed by atoms with van der Waals surface area (Å²) in [4.78, 5) is 14.7. The van der Waals surface area contributed by atoms with Gasteiger partial charge < -0.3 is 14.4 Å². The van der Waals surface area contributed by atoms with Gasteiger partial charge in [0.05, 0.1) is 19.8 Å². The van der Waals surface area contributed by atoms with Crippen LogP contribution in [0, 0.1) is 5.92 Å². The number of fused-ring (bicyclic) bond motifs is 1. The average molecular weight is 380 g/mol. The van der Waals surface area contributed by atoms with Gasteiger partial charge in [-0.05, 0) is 42.0 Å². The van der Waals surface area contributed by atoms with Crippen molar-refractivity contribution in [1.29, 1.82) is 0 Å². The molecule has 2 aliphatic rings. The molecule has 1 amide bonds. The summed E-state index contributed by atoms with van der Waals surface area (Å²) in [6.45, 7) is 3.01. The summed E-state index contributed by atoms with van der Waals surface area (Å²) in [7, 11) is 0. The first-order valence-electron chi connectivity index (χ1n) is 10.4. The number of hydrogen-bond acceptors (Lipinski definition) is 3. The SMILES string of the molecule is O=C(CC1CCCC1)N1CCOc2ccc(COCc3ccccc3)cc2C1. The summed E-state index contributed by atoms with van der Waals surface area (Å²) < 4.78 is 11.8. The van der Waals surface area contributed by atoms with Crippen molar-refractivity contribution in [2.45, 2.75) is 51.9 Å². The lowest BCUT2D eigenvalue weighted by atomic mass is 10.0. The third-order valence-electron chi connectivity index (χ3n) is 5.78. The van der Waals surface area contributed by atoms with Crippen molar-refractivity contribution in [3.63, 3.8) is 0 Å². The lowest BCUT2D eigenvalue weighted by molar-refractivity contribution is -0.132. The zero-order valence-electron chi connectivity index (χ0n) is 16.4. The van der Waals surface area contributed by atoms with Crippen molar-refractivity contribution in [2.24, 2.45) is 5.92 Å². The van der Waals surface area contributed by atoms with Crippen molar-refractivity contribution in [3.8, 4) is 5.75 Å². The minimum Gasteiger partial charge on any atom is -0.491 e. The van der Waals surface area contributed by atoms with Crippen LogP contribution >= 0.6 is 0 Å². The van der Waals surface area contributed by atoms with Crippen LogP contribution in [0.3, 0.4) is 0 Å². The number of amides is 1. The van der Waals surface area contributed by atoms with E-state index in [1.165, 1.54) is 31.2 Å². The molecule has 2 aromatic rings. The maximum Gasteiger partial charge on any atom is 0.223 e. The van der Waals surface area contributed by atoms with Crippen molar-refractivity contribution in [1.82, 2.24) is 4.90 Å². The quantitative estimate of drug-likeness (QED) is 0.730. The van der Waals surface area contributed by atoms with E-state index in [0.717, 1.165) is 16.9 Å². The van der Waals surface area contributed by atoms with E-state index in [1.54, 1.807) is 0 Å². The smallest absolute Gasteiger partial charge is 0.223 e. The number of hydrogen-bond donors (Lipinski definition) is 0. The molecule has 1 saturated carbocycles. The number of ether oxygens (including phenoxy) is 2. The van der Waals surface area contributed by atoms with E-state index in [0.29, 0.717) is 45.2 Å². The molecule has 0 atom stereocenters. The molecule has 1 heterocycles. The van der Waals surface area contributed by atoms with Crippen LogP contribution in [0.15, 0.2) is 48.5 Å². The number of rotatable bonds is 6. The zero-order chi connectivity index (χ0) is 19.2.